The molecular formula is C28H39N7O2. The first-order valence-corrected chi connectivity index (χ1v) is 12.9. The van der Waals surface area contributed by atoms with Gasteiger partial charge in [-0.3, -0.25) is 9.69 Å². The molecule has 2 N–H and O–H groups in total. The van der Waals surface area contributed by atoms with Crippen LogP contribution in [-0.4, -0.2) is 56.6 Å². The highest BCUT2D eigenvalue weighted by molar-refractivity contribution is 6.03. The Morgan fingerprint density at radius 3 is 2.38 bits per heavy atom. The van der Waals surface area contributed by atoms with E-state index in [0.29, 0.717) is 23.1 Å². The summed E-state index contributed by atoms with van der Waals surface area (Å²) < 4.78 is 6.07. The predicted molar refractivity (Wildman–Crippen MR) is 146 cm³/mol. The minimum absolute atomic E-state index is 0.00161. The van der Waals surface area contributed by atoms with Crippen molar-refractivity contribution in [2.24, 2.45) is 0 Å². The number of carbonyl (C=O) groups excluding carboxylic acids is 1. The fraction of sp³-hybridized carbons (Fsp3) is 0.571. The number of nitrogens with one attached hydrogen (secondary N) is 2. The van der Waals surface area contributed by atoms with Crippen LogP contribution in [0.5, 0.6) is 5.75 Å². The van der Waals surface area contributed by atoms with Crippen molar-refractivity contribution in [2.75, 3.05) is 22.6 Å². The lowest BCUT2D eigenvalue weighted by atomic mass is 9.77. The third-order valence-electron chi connectivity index (χ3n) is 7.65. The van der Waals surface area contributed by atoms with Gasteiger partial charge in [-0.1, -0.05) is 0 Å². The number of nitriles is 1. The van der Waals surface area contributed by atoms with Gasteiger partial charge in [-0.15, -0.1) is 0 Å². The van der Waals surface area contributed by atoms with Gasteiger partial charge < -0.3 is 20.3 Å². The number of aromatic nitrogens is 2. The molecule has 1 fully saturated rings. The molecule has 37 heavy (non-hydrogen) atoms. The van der Waals surface area contributed by atoms with E-state index in [-0.39, 0.29) is 29.1 Å². The Balaban J connectivity index is 1.60. The van der Waals surface area contributed by atoms with Gasteiger partial charge in [-0.2, -0.15) is 10.2 Å². The molecule has 2 aliphatic heterocycles. The summed E-state index contributed by atoms with van der Waals surface area (Å²) in [6.45, 7) is 16.5. The van der Waals surface area contributed by atoms with E-state index in [1.807, 2.05) is 32.0 Å². The fourth-order valence-electron chi connectivity index (χ4n) is 5.53. The topological polar surface area (TPSA) is 106 Å². The number of nitrogens with zero attached hydrogens (tertiary/aromatic N) is 5. The van der Waals surface area contributed by atoms with E-state index in [0.717, 1.165) is 24.2 Å². The minimum atomic E-state index is -0.965. The van der Waals surface area contributed by atoms with Gasteiger partial charge in [-0.05, 0) is 87.4 Å². The zero-order valence-electron chi connectivity index (χ0n) is 23.4. The molecular weight excluding hydrogens is 466 g/mol. The largest absolute Gasteiger partial charge is 0.476 e. The number of hydrogen-bond donors (Lipinski definition) is 2. The van der Waals surface area contributed by atoms with Crippen molar-refractivity contribution in [3.63, 3.8) is 0 Å². The van der Waals surface area contributed by atoms with Crippen LogP contribution in [0, 0.1) is 11.3 Å². The van der Waals surface area contributed by atoms with Crippen LogP contribution in [0.3, 0.4) is 0 Å². The average molecular weight is 506 g/mol. The molecule has 2 aromatic rings. The number of piperidine rings is 1. The summed E-state index contributed by atoms with van der Waals surface area (Å²) >= 11 is 0. The molecule has 9 heteroatoms. The molecule has 1 saturated heterocycles. The van der Waals surface area contributed by atoms with Gasteiger partial charge in [0, 0.05) is 34.9 Å². The van der Waals surface area contributed by atoms with Crippen LogP contribution in [0.4, 0.5) is 23.1 Å². The molecule has 0 unspecified atom stereocenters. The van der Waals surface area contributed by atoms with Crippen LogP contribution in [0.15, 0.2) is 24.4 Å². The first-order valence-electron chi connectivity index (χ1n) is 12.9. The number of ether oxygens (including phenoxy) is 1. The highest BCUT2D eigenvalue weighted by Gasteiger charge is 2.44. The van der Waals surface area contributed by atoms with E-state index < -0.39 is 5.60 Å². The van der Waals surface area contributed by atoms with Gasteiger partial charge in [0.2, 0.25) is 5.95 Å². The highest BCUT2D eigenvalue weighted by atomic mass is 16.5. The average Bonchev–Trinajstić information content (AvgIpc) is 2.78. The number of benzene rings is 1. The van der Waals surface area contributed by atoms with Crippen molar-refractivity contribution in [1.29, 1.82) is 5.26 Å². The van der Waals surface area contributed by atoms with Gasteiger partial charge in [0.25, 0.3) is 5.91 Å². The summed E-state index contributed by atoms with van der Waals surface area (Å²) in [6, 6.07) is 7.98. The quantitative estimate of drug-likeness (QED) is 0.580. The van der Waals surface area contributed by atoms with Crippen LogP contribution in [0.2, 0.25) is 0 Å². The van der Waals surface area contributed by atoms with Crippen LogP contribution in [0.1, 0.15) is 73.8 Å². The maximum atomic E-state index is 12.9. The molecule has 0 atom stereocenters. The lowest BCUT2D eigenvalue weighted by Gasteiger charge is -2.53. The lowest BCUT2D eigenvalue weighted by molar-refractivity contribution is -0.133. The SMILES string of the molecule is CC(C)N1C(=O)C(C)(C)Oc2cc(Nc3ncc(C#N)c(NC4CC(C)(C)N(C)C(C)(C)C4)n3)ccc21. The van der Waals surface area contributed by atoms with E-state index in [1.165, 1.54) is 0 Å². The smallest absolute Gasteiger partial charge is 0.270 e. The van der Waals surface area contributed by atoms with Crippen molar-refractivity contribution in [3.05, 3.63) is 30.0 Å². The van der Waals surface area contributed by atoms with Crippen LogP contribution in [0.25, 0.3) is 0 Å². The normalized spacial score (nSPS) is 20.7. The number of hydrogen-bond acceptors (Lipinski definition) is 8. The van der Waals surface area contributed by atoms with E-state index in [2.05, 4.69) is 66.3 Å². The Morgan fingerprint density at radius 2 is 1.78 bits per heavy atom. The maximum Gasteiger partial charge on any atom is 0.270 e. The molecule has 3 heterocycles. The number of rotatable bonds is 5. The molecule has 2 aliphatic rings. The third kappa shape index (κ3) is 5.08. The summed E-state index contributed by atoms with van der Waals surface area (Å²) in [5, 5.41) is 16.5. The van der Waals surface area contributed by atoms with Crippen molar-refractivity contribution < 1.29 is 9.53 Å². The molecule has 0 aliphatic carbocycles. The Hall–Kier alpha value is -3.38. The summed E-state index contributed by atoms with van der Waals surface area (Å²) in [5.74, 6) is 1.45. The van der Waals surface area contributed by atoms with Gasteiger partial charge >= 0.3 is 0 Å². The summed E-state index contributed by atoms with van der Waals surface area (Å²) in [5.41, 5.74) is 0.908. The summed E-state index contributed by atoms with van der Waals surface area (Å²) in [4.78, 5) is 26.1. The Labute approximate surface area is 220 Å². The monoisotopic (exact) mass is 505 g/mol. The number of anilines is 4. The highest BCUT2D eigenvalue weighted by Crippen LogP contribution is 2.41. The zero-order valence-corrected chi connectivity index (χ0v) is 23.4. The van der Waals surface area contributed by atoms with Gasteiger partial charge in [-0.25, -0.2) is 4.98 Å². The Morgan fingerprint density at radius 1 is 1.14 bits per heavy atom. The predicted octanol–water partition coefficient (Wildman–Crippen LogP) is 5.07. The standard InChI is InChI=1S/C28H39N7O2/c1-17(2)35-21-11-10-19(12-22(21)37-28(7,8)24(35)36)32-25-30-16-18(15-29)23(33-25)31-20-13-26(3,4)34(9)27(5,6)14-20/h10-12,16-17,20H,13-14H2,1-9H3,(H2,30,31,32,33). The van der Waals surface area contributed by atoms with E-state index in [9.17, 15) is 10.1 Å². The Bertz CT molecular complexity index is 1230. The Kier molecular flexibility index (Phi) is 6.62. The molecule has 198 valence electrons. The number of likely N-dealkylation sites (tertiary alicyclic amines) is 1. The number of carbonyl (C=O) groups is 1. The fourth-order valence-corrected chi connectivity index (χ4v) is 5.53. The molecule has 1 aromatic heterocycles. The maximum absolute atomic E-state index is 12.9. The van der Waals surface area contributed by atoms with Gasteiger partial charge in [0.05, 0.1) is 11.9 Å². The molecule has 4 rings (SSSR count). The molecule has 9 nitrogen and oxygen atoms in total. The van der Waals surface area contributed by atoms with Crippen molar-refractivity contribution >= 4 is 29.0 Å². The molecule has 0 saturated carbocycles. The van der Waals surface area contributed by atoms with E-state index in [4.69, 9.17) is 4.74 Å². The molecule has 0 radical (unpaired) electrons. The van der Waals surface area contributed by atoms with E-state index >= 15 is 0 Å². The van der Waals surface area contributed by atoms with Gasteiger partial charge in [0.15, 0.2) is 5.60 Å². The lowest BCUT2D eigenvalue weighted by Crippen LogP contribution is -2.61. The summed E-state index contributed by atoms with van der Waals surface area (Å²) in [6.07, 6.45) is 3.39. The van der Waals surface area contributed by atoms with Crippen molar-refractivity contribution in [1.82, 2.24) is 14.9 Å². The third-order valence-corrected chi connectivity index (χ3v) is 7.65. The second-order valence-electron chi connectivity index (χ2n) is 12.2. The second-order valence-corrected chi connectivity index (χ2v) is 12.2. The molecule has 0 bridgehead atoms. The second kappa shape index (κ2) is 9.18. The van der Waals surface area contributed by atoms with Crippen LogP contribution in [-0.2, 0) is 4.79 Å². The van der Waals surface area contributed by atoms with Gasteiger partial charge in [0.1, 0.15) is 23.2 Å². The zero-order chi connectivity index (χ0) is 27.3. The first kappa shape index (κ1) is 26.7. The minimum Gasteiger partial charge on any atom is -0.476 e. The number of fused-ring (bicyclic) bond motifs is 1. The number of amides is 1. The van der Waals surface area contributed by atoms with Crippen LogP contribution < -0.4 is 20.3 Å². The molecule has 1 aromatic carbocycles. The molecule has 1 amide bonds. The molecule has 0 spiro atoms. The summed E-state index contributed by atoms with van der Waals surface area (Å²) in [7, 11) is 2.17. The van der Waals surface area contributed by atoms with E-state index in [1.54, 1.807) is 24.9 Å². The first-order chi connectivity index (χ1) is 17.1. The van der Waals surface area contributed by atoms with Crippen molar-refractivity contribution in [3.8, 4) is 11.8 Å². The van der Waals surface area contributed by atoms with Crippen molar-refractivity contribution in [2.45, 2.75) is 97.0 Å². The van der Waals surface area contributed by atoms with Crippen LogP contribution >= 0.6 is 0 Å².